The van der Waals surface area contributed by atoms with Crippen LogP contribution in [0.5, 0.6) is 0 Å². The zero-order chi connectivity index (χ0) is 15.4. The van der Waals surface area contributed by atoms with Gasteiger partial charge in [-0.2, -0.15) is 0 Å². The zero-order valence-corrected chi connectivity index (χ0v) is 11.7. The minimum absolute atomic E-state index is 0.149. The highest BCUT2D eigenvalue weighted by Crippen LogP contribution is 2.34. The van der Waals surface area contributed by atoms with Crippen molar-refractivity contribution in [3.05, 3.63) is 70.8 Å². The highest BCUT2D eigenvalue weighted by Gasteiger charge is 2.15. The van der Waals surface area contributed by atoms with E-state index in [1.54, 1.807) is 24.3 Å². The highest BCUT2D eigenvalue weighted by atomic mass is 31.1. The monoisotopic (exact) mass is 302 g/mol. The molecule has 6 heteroatoms. The quantitative estimate of drug-likeness (QED) is 0.825. The molecule has 2 aromatic carbocycles. The summed E-state index contributed by atoms with van der Waals surface area (Å²) in [5.74, 6) is -2.05. The average Bonchev–Trinajstić information content (AvgIpc) is 2.49. The Labute approximate surface area is 122 Å². The van der Waals surface area contributed by atoms with Gasteiger partial charge < -0.3 is 10.2 Å². The normalized spacial score (nSPS) is 10.7. The molecule has 21 heavy (non-hydrogen) atoms. The van der Waals surface area contributed by atoms with Crippen molar-refractivity contribution in [2.24, 2.45) is 0 Å². The highest BCUT2D eigenvalue weighted by molar-refractivity contribution is 7.24. The predicted octanol–water partition coefficient (Wildman–Crippen LogP) is 3.46. The molecule has 5 nitrogen and oxygen atoms in total. The van der Waals surface area contributed by atoms with Crippen LogP contribution in [0.1, 0.15) is 37.5 Å². The van der Waals surface area contributed by atoms with E-state index in [-0.39, 0.29) is 19.6 Å². The minimum Gasteiger partial charge on any atom is -0.478 e. The molecule has 0 atom stereocenters. The van der Waals surface area contributed by atoms with Crippen molar-refractivity contribution in [3.8, 4) is 0 Å². The molecule has 0 fully saturated rings. The summed E-state index contributed by atoms with van der Waals surface area (Å²) in [4.78, 5) is 21.6. The lowest BCUT2D eigenvalue weighted by atomic mass is 10.0. The van der Waals surface area contributed by atoms with Crippen molar-refractivity contribution < 1.29 is 24.4 Å². The van der Waals surface area contributed by atoms with Crippen molar-refractivity contribution >= 4 is 20.4 Å². The van der Waals surface area contributed by atoms with Gasteiger partial charge in [0.2, 0.25) is 0 Å². The third kappa shape index (κ3) is 3.33. The van der Waals surface area contributed by atoms with Crippen LogP contribution in [0.3, 0.4) is 0 Å². The summed E-state index contributed by atoms with van der Waals surface area (Å²) in [6.45, 7) is 0. The van der Waals surface area contributed by atoms with Gasteiger partial charge in [-0.25, -0.2) is 9.59 Å². The summed E-state index contributed by atoms with van der Waals surface area (Å²) in [6.07, 6.45) is 0. The molecule has 0 amide bonds. The van der Waals surface area contributed by atoms with Gasteiger partial charge in [0.05, 0.1) is 16.8 Å². The number of hydrogen-bond acceptors (Lipinski definition) is 3. The molecule has 0 aliphatic carbocycles. The topological polar surface area (TPSA) is 91.7 Å². The number of hydrogen-bond donors (Lipinski definition) is 2. The molecule has 2 aromatic rings. The maximum absolute atomic E-state index is 11.4. The third-order valence-corrected chi connectivity index (χ3v) is 3.86. The van der Waals surface area contributed by atoms with Crippen molar-refractivity contribution in [2.75, 3.05) is 0 Å². The van der Waals surface area contributed by atoms with Crippen LogP contribution in [0.15, 0.2) is 48.5 Å². The van der Waals surface area contributed by atoms with Crippen LogP contribution in [-0.2, 0) is 4.57 Å². The maximum atomic E-state index is 11.4. The van der Waals surface area contributed by atoms with Gasteiger partial charge in [-0.05, 0) is 35.4 Å². The van der Waals surface area contributed by atoms with Gasteiger partial charge in [0, 0.05) is 0 Å². The fourth-order valence-corrected chi connectivity index (χ4v) is 2.52. The van der Waals surface area contributed by atoms with E-state index in [0.717, 1.165) is 0 Å². The van der Waals surface area contributed by atoms with Crippen LogP contribution < -0.4 is 0 Å². The standard InChI is InChI=1S/C15H11O5P/c16-14(17)11-5-1-9(2-6-11)13(21-20)10-3-7-12(8-4-10)15(18)19/h1-8,13H,(H,16,17)(H,18,19). The van der Waals surface area contributed by atoms with E-state index < -0.39 is 17.6 Å². The second-order valence-electron chi connectivity index (χ2n) is 4.36. The zero-order valence-electron chi connectivity index (χ0n) is 10.8. The molecular formula is C15H11O5P. The van der Waals surface area contributed by atoms with Crippen molar-refractivity contribution in [3.63, 3.8) is 0 Å². The third-order valence-electron chi connectivity index (χ3n) is 3.05. The fraction of sp³-hybridized carbons (Fsp3) is 0.0667. The SMILES string of the molecule is O=PC(c1ccc(C(=O)O)cc1)c1ccc(C(=O)O)cc1. The smallest absolute Gasteiger partial charge is 0.335 e. The van der Waals surface area contributed by atoms with Gasteiger partial charge in [0.25, 0.3) is 0 Å². The molecule has 0 aliphatic rings. The molecule has 106 valence electrons. The van der Waals surface area contributed by atoms with Crippen molar-refractivity contribution in [2.45, 2.75) is 5.66 Å². The van der Waals surface area contributed by atoms with Gasteiger partial charge in [-0.3, -0.25) is 4.57 Å². The van der Waals surface area contributed by atoms with E-state index in [1.807, 2.05) is 0 Å². The number of carbonyl (C=O) groups is 2. The van der Waals surface area contributed by atoms with E-state index >= 15 is 0 Å². The van der Waals surface area contributed by atoms with Crippen LogP contribution in [-0.4, -0.2) is 22.2 Å². The Hall–Kier alpha value is -2.52. The number of benzene rings is 2. The predicted molar refractivity (Wildman–Crippen MR) is 76.3 cm³/mol. The largest absolute Gasteiger partial charge is 0.478 e. The van der Waals surface area contributed by atoms with Crippen LogP contribution in [0.25, 0.3) is 0 Å². The van der Waals surface area contributed by atoms with E-state index in [2.05, 4.69) is 0 Å². The lowest BCUT2D eigenvalue weighted by molar-refractivity contribution is 0.0686. The summed E-state index contributed by atoms with van der Waals surface area (Å²) < 4.78 is 11.4. The van der Waals surface area contributed by atoms with E-state index in [0.29, 0.717) is 11.1 Å². The van der Waals surface area contributed by atoms with Gasteiger partial charge in [0.15, 0.2) is 8.46 Å². The molecule has 0 saturated heterocycles. The molecule has 0 unspecified atom stereocenters. The number of carboxylic acids is 2. The summed E-state index contributed by atoms with van der Waals surface area (Å²) in [5, 5.41) is 17.7. The summed E-state index contributed by atoms with van der Waals surface area (Å²) >= 11 is 0. The van der Waals surface area contributed by atoms with Crippen LogP contribution in [0.4, 0.5) is 0 Å². The second kappa shape index (κ2) is 6.29. The van der Waals surface area contributed by atoms with Crippen LogP contribution >= 0.6 is 8.46 Å². The number of rotatable bonds is 5. The van der Waals surface area contributed by atoms with E-state index in [9.17, 15) is 14.2 Å². The van der Waals surface area contributed by atoms with Crippen molar-refractivity contribution in [1.82, 2.24) is 0 Å². The van der Waals surface area contributed by atoms with Gasteiger partial charge in [0.1, 0.15) is 0 Å². The molecule has 2 N–H and O–H groups in total. The number of aromatic carboxylic acids is 2. The molecule has 0 saturated carbocycles. The molecule has 0 aromatic heterocycles. The van der Waals surface area contributed by atoms with Crippen LogP contribution in [0, 0.1) is 0 Å². The Balaban J connectivity index is 2.32. The average molecular weight is 302 g/mol. The molecule has 0 bridgehead atoms. The van der Waals surface area contributed by atoms with E-state index in [1.165, 1.54) is 24.3 Å². The summed E-state index contributed by atoms with van der Waals surface area (Å²) in [5.41, 5.74) is 1.23. The Morgan fingerprint density at radius 3 is 1.33 bits per heavy atom. The Bertz CT molecular complexity index is 619. The first-order valence-electron chi connectivity index (χ1n) is 6.02. The van der Waals surface area contributed by atoms with Gasteiger partial charge in [-0.1, -0.05) is 24.3 Å². The fourth-order valence-electron chi connectivity index (χ4n) is 1.93. The Morgan fingerprint density at radius 1 is 0.762 bits per heavy atom. The molecule has 0 aliphatic heterocycles. The summed E-state index contributed by atoms with van der Waals surface area (Å²) in [7, 11) is -0.149. The second-order valence-corrected chi connectivity index (χ2v) is 5.09. The van der Waals surface area contributed by atoms with Gasteiger partial charge >= 0.3 is 11.9 Å². The molecule has 0 heterocycles. The maximum Gasteiger partial charge on any atom is 0.335 e. The first-order valence-corrected chi connectivity index (χ1v) is 6.90. The molecular weight excluding hydrogens is 291 g/mol. The lowest BCUT2D eigenvalue weighted by Crippen LogP contribution is -2.00. The summed E-state index contributed by atoms with van der Waals surface area (Å²) in [6, 6.07) is 12.2. The lowest BCUT2D eigenvalue weighted by Gasteiger charge is -2.10. The minimum atomic E-state index is -1.02. The van der Waals surface area contributed by atoms with E-state index in [4.69, 9.17) is 10.2 Å². The van der Waals surface area contributed by atoms with Crippen LogP contribution in [0.2, 0.25) is 0 Å². The molecule has 0 spiro atoms. The van der Waals surface area contributed by atoms with Crippen molar-refractivity contribution in [1.29, 1.82) is 0 Å². The molecule has 0 radical (unpaired) electrons. The van der Waals surface area contributed by atoms with Gasteiger partial charge in [-0.15, -0.1) is 0 Å². The molecule has 2 rings (SSSR count). The first kappa shape index (κ1) is 14.9. The Morgan fingerprint density at radius 2 is 1.10 bits per heavy atom. The first-order chi connectivity index (χ1) is 10.0. The number of carboxylic acid groups (broad SMARTS) is 2. The Kier molecular flexibility index (Phi) is 4.45.